The van der Waals surface area contributed by atoms with Crippen molar-refractivity contribution >= 4 is 11.0 Å². The lowest BCUT2D eigenvalue weighted by molar-refractivity contribution is 0.629. The van der Waals surface area contributed by atoms with Gasteiger partial charge in [0.15, 0.2) is 0 Å². The third-order valence-corrected chi connectivity index (χ3v) is 2.44. The second-order valence-electron chi connectivity index (χ2n) is 3.44. The molecule has 0 atom stereocenters. The average Bonchev–Trinajstić information content (AvgIpc) is 2.54. The highest BCUT2D eigenvalue weighted by atomic mass is 19.1. The van der Waals surface area contributed by atoms with Gasteiger partial charge < -0.3 is 9.88 Å². The molecule has 0 unspecified atom stereocenters. The summed E-state index contributed by atoms with van der Waals surface area (Å²) in [6.07, 6.45) is 0. The van der Waals surface area contributed by atoms with E-state index in [1.54, 1.807) is 6.07 Å². The number of hydrogen-bond acceptors (Lipinski definition) is 2. The van der Waals surface area contributed by atoms with E-state index in [4.69, 9.17) is 0 Å². The molecule has 0 bridgehead atoms. The summed E-state index contributed by atoms with van der Waals surface area (Å²) in [7, 11) is 1.87. The summed E-state index contributed by atoms with van der Waals surface area (Å²) in [6, 6.07) is 4.72. The van der Waals surface area contributed by atoms with Crippen molar-refractivity contribution in [1.82, 2.24) is 14.9 Å². The van der Waals surface area contributed by atoms with Crippen molar-refractivity contribution < 1.29 is 4.39 Å². The number of hydrogen-bond donors (Lipinski definition) is 1. The molecule has 0 amide bonds. The molecule has 2 rings (SSSR count). The number of aromatic nitrogens is 2. The Balaban J connectivity index is 2.62. The van der Waals surface area contributed by atoms with Crippen LogP contribution in [0.5, 0.6) is 0 Å². The number of fused-ring (bicyclic) bond motifs is 1. The molecule has 4 heteroatoms. The van der Waals surface area contributed by atoms with Crippen molar-refractivity contribution in [2.45, 2.75) is 20.0 Å². The van der Waals surface area contributed by atoms with E-state index in [-0.39, 0.29) is 5.82 Å². The summed E-state index contributed by atoms with van der Waals surface area (Å²) in [5, 5.41) is 3.06. The van der Waals surface area contributed by atoms with Crippen LogP contribution in [0.15, 0.2) is 18.2 Å². The first-order valence-electron chi connectivity index (χ1n) is 5.05. The molecule has 0 radical (unpaired) electrons. The zero-order valence-electron chi connectivity index (χ0n) is 8.92. The molecule has 0 aliphatic carbocycles. The van der Waals surface area contributed by atoms with Gasteiger partial charge in [0.05, 0.1) is 17.6 Å². The van der Waals surface area contributed by atoms with Crippen molar-refractivity contribution in [2.24, 2.45) is 0 Å². The summed E-state index contributed by atoms with van der Waals surface area (Å²) < 4.78 is 15.1. The Kier molecular flexibility index (Phi) is 2.68. The molecule has 1 aromatic heterocycles. The zero-order valence-corrected chi connectivity index (χ0v) is 8.92. The molecule has 3 nitrogen and oxygen atoms in total. The minimum absolute atomic E-state index is 0.237. The fraction of sp³-hybridized carbons (Fsp3) is 0.364. The van der Waals surface area contributed by atoms with E-state index in [9.17, 15) is 4.39 Å². The van der Waals surface area contributed by atoms with Crippen LogP contribution in [0.2, 0.25) is 0 Å². The maximum atomic E-state index is 13.0. The molecule has 15 heavy (non-hydrogen) atoms. The first-order chi connectivity index (χ1) is 7.26. The minimum atomic E-state index is -0.237. The topological polar surface area (TPSA) is 29.9 Å². The van der Waals surface area contributed by atoms with E-state index in [0.29, 0.717) is 6.54 Å². The highest BCUT2D eigenvalue weighted by Gasteiger charge is 2.08. The van der Waals surface area contributed by atoms with Crippen LogP contribution in [0, 0.1) is 5.82 Å². The van der Waals surface area contributed by atoms with Gasteiger partial charge in [-0.2, -0.15) is 0 Å². The Labute approximate surface area is 87.9 Å². The summed E-state index contributed by atoms with van der Waals surface area (Å²) >= 11 is 0. The molecule has 1 N–H and O–H groups in total. The van der Waals surface area contributed by atoms with Crippen LogP contribution < -0.4 is 5.32 Å². The Morgan fingerprint density at radius 2 is 2.27 bits per heavy atom. The van der Waals surface area contributed by atoms with E-state index >= 15 is 0 Å². The van der Waals surface area contributed by atoms with Crippen LogP contribution in [0.3, 0.4) is 0 Å². The van der Waals surface area contributed by atoms with Crippen molar-refractivity contribution in [3.8, 4) is 0 Å². The average molecular weight is 207 g/mol. The third kappa shape index (κ3) is 1.72. The predicted molar refractivity (Wildman–Crippen MR) is 58.1 cm³/mol. The van der Waals surface area contributed by atoms with Crippen LogP contribution in [0.1, 0.15) is 12.7 Å². The Morgan fingerprint density at radius 1 is 1.47 bits per heavy atom. The Bertz CT molecular complexity index is 476. The van der Waals surface area contributed by atoms with E-state index in [1.807, 2.05) is 7.05 Å². The monoisotopic (exact) mass is 207 g/mol. The van der Waals surface area contributed by atoms with Gasteiger partial charge in [0.25, 0.3) is 0 Å². The first-order valence-corrected chi connectivity index (χ1v) is 5.05. The summed E-state index contributed by atoms with van der Waals surface area (Å²) in [6.45, 7) is 3.60. The standard InChI is InChI=1S/C11H14FN3/c1-3-15-10-5-4-8(12)6-9(10)14-11(15)7-13-2/h4-6,13H,3,7H2,1-2H3. The maximum absolute atomic E-state index is 13.0. The zero-order chi connectivity index (χ0) is 10.8. The van der Waals surface area contributed by atoms with Crippen LogP contribution >= 0.6 is 0 Å². The van der Waals surface area contributed by atoms with Gasteiger partial charge in [0.2, 0.25) is 0 Å². The van der Waals surface area contributed by atoms with Gasteiger partial charge in [-0.3, -0.25) is 0 Å². The highest BCUT2D eigenvalue weighted by Crippen LogP contribution is 2.17. The summed E-state index contributed by atoms with van der Waals surface area (Å²) in [5.74, 6) is 0.708. The van der Waals surface area contributed by atoms with E-state index in [2.05, 4.69) is 21.8 Å². The van der Waals surface area contributed by atoms with Crippen molar-refractivity contribution in [3.63, 3.8) is 0 Å². The van der Waals surface area contributed by atoms with Crippen molar-refractivity contribution in [1.29, 1.82) is 0 Å². The number of aryl methyl sites for hydroxylation is 1. The SMILES string of the molecule is CCn1c(CNC)nc2cc(F)ccc21. The Hall–Kier alpha value is -1.42. The molecule has 80 valence electrons. The van der Waals surface area contributed by atoms with Crippen LogP contribution in [-0.2, 0) is 13.1 Å². The molecular weight excluding hydrogens is 193 g/mol. The molecule has 0 aliphatic rings. The minimum Gasteiger partial charge on any atom is -0.327 e. The number of imidazole rings is 1. The molecular formula is C11H14FN3. The van der Waals surface area contributed by atoms with Crippen molar-refractivity contribution in [2.75, 3.05) is 7.05 Å². The molecule has 2 aromatic rings. The number of rotatable bonds is 3. The molecule has 1 aromatic carbocycles. The van der Waals surface area contributed by atoms with Crippen LogP contribution in [-0.4, -0.2) is 16.6 Å². The quantitative estimate of drug-likeness (QED) is 0.833. The van der Waals surface area contributed by atoms with E-state index < -0.39 is 0 Å². The largest absolute Gasteiger partial charge is 0.327 e. The van der Waals surface area contributed by atoms with Gasteiger partial charge >= 0.3 is 0 Å². The first kappa shape index (κ1) is 10.1. The number of nitrogens with one attached hydrogen (secondary N) is 1. The summed E-state index contributed by atoms with van der Waals surface area (Å²) in [4.78, 5) is 4.39. The lowest BCUT2D eigenvalue weighted by Crippen LogP contribution is -2.11. The lowest BCUT2D eigenvalue weighted by Gasteiger charge is -2.04. The number of nitrogens with zero attached hydrogens (tertiary/aromatic N) is 2. The van der Waals surface area contributed by atoms with Gasteiger partial charge in [-0.25, -0.2) is 9.37 Å². The van der Waals surface area contributed by atoms with Crippen LogP contribution in [0.4, 0.5) is 4.39 Å². The second-order valence-corrected chi connectivity index (χ2v) is 3.44. The van der Waals surface area contributed by atoms with E-state index in [1.165, 1.54) is 12.1 Å². The van der Waals surface area contributed by atoms with Gasteiger partial charge in [0.1, 0.15) is 11.6 Å². The van der Waals surface area contributed by atoms with E-state index in [0.717, 1.165) is 23.4 Å². The fourth-order valence-electron chi connectivity index (χ4n) is 1.80. The predicted octanol–water partition coefficient (Wildman–Crippen LogP) is 1.91. The lowest BCUT2D eigenvalue weighted by atomic mass is 10.3. The smallest absolute Gasteiger partial charge is 0.125 e. The second kappa shape index (κ2) is 3.98. The van der Waals surface area contributed by atoms with Gasteiger partial charge in [-0.15, -0.1) is 0 Å². The number of benzene rings is 1. The van der Waals surface area contributed by atoms with Gasteiger partial charge in [-0.1, -0.05) is 0 Å². The summed E-state index contributed by atoms with van der Waals surface area (Å²) in [5.41, 5.74) is 1.71. The molecule has 0 saturated heterocycles. The Morgan fingerprint density at radius 3 is 2.93 bits per heavy atom. The molecule has 0 fully saturated rings. The fourth-order valence-corrected chi connectivity index (χ4v) is 1.80. The van der Waals surface area contributed by atoms with Gasteiger partial charge in [0, 0.05) is 12.6 Å². The van der Waals surface area contributed by atoms with Gasteiger partial charge in [-0.05, 0) is 26.1 Å². The maximum Gasteiger partial charge on any atom is 0.125 e. The van der Waals surface area contributed by atoms with Crippen LogP contribution in [0.25, 0.3) is 11.0 Å². The molecule has 0 saturated carbocycles. The highest BCUT2D eigenvalue weighted by molar-refractivity contribution is 5.76. The third-order valence-electron chi connectivity index (χ3n) is 2.44. The molecule has 0 aliphatic heterocycles. The van der Waals surface area contributed by atoms with Crippen molar-refractivity contribution in [3.05, 3.63) is 29.8 Å². The number of halogens is 1. The molecule has 0 spiro atoms. The molecule has 1 heterocycles. The normalized spacial score (nSPS) is 11.1.